The number of nitrogens with zero attached hydrogens (tertiary/aromatic N) is 1. The van der Waals surface area contributed by atoms with Crippen LogP contribution in [0.1, 0.15) is 29.5 Å². The summed E-state index contributed by atoms with van der Waals surface area (Å²) in [5, 5.41) is 8.58. The number of aromatic nitrogens is 1. The molecule has 1 fully saturated rings. The first-order valence-electron chi connectivity index (χ1n) is 11.4. The molecule has 1 aliphatic carbocycles. The molecule has 0 spiro atoms. The molecule has 0 bridgehead atoms. The number of amides is 1. The first-order chi connectivity index (χ1) is 16.5. The Hall–Kier alpha value is -3.57. The molecule has 3 aromatic carbocycles. The first kappa shape index (κ1) is 22.2. The Morgan fingerprint density at radius 3 is 2.71 bits per heavy atom. The third-order valence-corrected chi connectivity index (χ3v) is 6.91. The molecule has 1 saturated carbocycles. The van der Waals surface area contributed by atoms with E-state index >= 15 is 0 Å². The van der Waals surface area contributed by atoms with Gasteiger partial charge in [0.1, 0.15) is 6.61 Å². The van der Waals surface area contributed by atoms with Gasteiger partial charge in [-0.2, -0.15) is 0 Å². The highest BCUT2D eigenvalue weighted by atomic mass is 35.5. The van der Waals surface area contributed by atoms with Gasteiger partial charge in [0.25, 0.3) is 0 Å². The lowest BCUT2D eigenvalue weighted by molar-refractivity contribution is 0.118. The Bertz CT molecular complexity index is 1320. The van der Waals surface area contributed by atoms with Gasteiger partial charge in [0.05, 0.1) is 11.1 Å². The van der Waals surface area contributed by atoms with E-state index in [4.69, 9.17) is 16.3 Å². The maximum atomic E-state index is 12.4. The number of benzene rings is 3. The van der Waals surface area contributed by atoms with Crippen molar-refractivity contribution in [1.29, 1.82) is 0 Å². The average Bonchev–Trinajstić information content (AvgIpc) is 2.83. The molecule has 5 nitrogen and oxygen atoms in total. The predicted molar refractivity (Wildman–Crippen MR) is 136 cm³/mol. The summed E-state index contributed by atoms with van der Waals surface area (Å²) >= 11 is 6.47. The first-order valence-corrected chi connectivity index (χ1v) is 11.8. The topological polar surface area (TPSA) is 63.2 Å². The summed E-state index contributed by atoms with van der Waals surface area (Å²) in [4.78, 5) is 16.9. The molecule has 0 radical (unpaired) electrons. The van der Waals surface area contributed by atoms with Gasteiger partial charge in [-0.05, 0) is 60.7 Å². The highest BCUT2D eigenvalue weighted by Crippen LogP contribution is 2.46. The molecule has 1 heterocycles. The van der Waals surface area contributed by atoms with Crippen LogP contribution in [0.3, 0.4) is 0 Å². The molecule has 6 heteroatoms. The van der Waals surface area contributed by atoms with E-state index in [0.29, 0.717) is 0 Å². The van der Waals surface area contributed by atoms with Gasteiger partial charge < -0.3 is 15.4 Å². The molecule has 1 aromatic heterocycles. The predicted octanol–water partition coefficient (Wildman–Crippen LogP) is 6.59. The number of nitrogens with one attached hydrogen (secondary N) is 2. The number of hydrogen-bond donors (Lipinski definition) is 2. The van der Waals surface area contributed by atoms with Crippen molar-refractivity contribution >= 4 is 34.3 Å². The lowest BCUT2D eigenvalue weighted by Crippen LogP contribution is -2.57. The molecule has 0 aliphatic heterocycles. The lowest BCUT2D eigenvalue weighted by Gasteiger charge is -2.50. The number of halogens is 1. The number of anilines is 1. The molecule has 5 rings (SSSR count). The standard InChI is InChI=1S/C28H26ClN3O2/c1-19-24(10-5-11-25(19)29)28(32-22-13-12-21-9-6-14-30-26(21)15-22)16-23(17-28)31-27(33)34-18-20-7-3-2-4-8-20/h2-15,23,32H,16-18H2,1H3,(H,31,33). The number of carbonyl (C=O) groups is 1. The van der Waals surface area contributed by atoms with E-state index in [-0.39, 0.29) is 18.2 Å². The van der Waals surface area contributed by atoms with Crippen LogP contribution in [0.5, 0.6) is 0 Å². The highest BCUT2D eigenvalue weighted by Gasteiger charge is 2.47. The minimum absolute atomic E-state index is 0.00673. The molecular formula is C28H26ClN3O2. The average molecular weight is 472 g/mol. The van der Waals surface area contributed by atoms with Gasteiger partial charge in [-0.15, -0.1) is 0 Å². The Kier molecular flexibility index (Phi) is 6.12. The van der Waals surface area contributed by atoms with Crippen LogP contribution < -0.4 is 10.6 Å². The summed E-state index contributed by atoms with van der Waals surface area (Å²) in [6.07, 6.45) is 2.83. The molecule has 4 aromatic rings. The Morgan fingerprint density at radius 2 is 1.88 bits per heavy atom. The van der Waals surface area contributed by atoms with Gasteiger partial charge in [-0.3, -0.25) is 4.98 Å². The van der Waals surface area contributed by atoms with Crippen LogP contribution in [-0.4, -0.2) is 17.1 Å². The zero-order valence-electron chi connectivity index (χ0n) is 18.9. The second-order valence-electron chi connectivity index (χ2n) is 8.84. The van der Waals surface area contributed by atoms with Crippen LogP contribution in [0.2, 0.25) is 5.02 Å². The zero-order valence-corrected chi connectivity index (χ0v) is 19.7. The molecule has 1 aliphatic rings. The molecule has 2 N–H and O–H groups in total. The molecule has 172 valence electrons. The van der Waals surface area contributed by atoms with Gasteiger partial charge in [0.2, 0.25) is 0 Å². The van der Waals surface area contributed by atoms with Gasteiger partial charge >= 0.3 is 6.09 Å². The van der Waals surface area contributed by atoms with E-state index in [1.807, 2.05) is 61.5 Å². The van der Waals surface area contributed by atoms with Crippen LogP contribution in [0.15, 0.2) is 85.1 Å². The number of carbonyl (C=O) groups excluding carboxylic acids is 1. The number of hydrogen-bond acceptors (Lipinski definition) is 4. The largest absolute Gasteiger partial charge is 0.445 e. The summed E-state index contributed by atoms with van der Waals surface area (Å²) in [6.45, 7) is 2.29. The molecular weight excluding hydrogens is 446 g/mol. The molecule has 1 amide bonds. The minimum Gasteiger partial charge on any atom is -0.445 e. The summed E-state index contributed by atoms with van der Waals surface area (Å²) < 4.78 is 5.42. The Labute approximate surface area is 204 Å². The second kappa shape index (κ2) is 9.35. The van der Waals surface area contributed by atoms with E-state index in [2.05, 4.69) is 39.9 Å². The van der Waals surface area contributed by atoms with Crippen LogP contribution in [0.4, 0.5) is 10.5 Å². The number of pyridine rings is 1. The fourth-order valence-electron chi connectivity index (χ4n) is 4.75. The van der Waals surface area contributed by atoms with Crippen molar-refractivity contribution < 1.29 is 9.53 Å². The molecule has 0 saturated heterocycles. The normalized spacial score (nSPS) is 19.3. The monoisotopic (exact) mass is 471 g/mol. The fourth-order valence-corrected chi connectivity index (χ4v) is 4.93. The van der Waals surface area contributed by atoms with E-state index < -0.39 is 6.09 Å². The SMILES string of the molecule is Cc1c(Cl)cccc1C1(Nc2ccc3cccnc3c2)CC(NC(=O)OCc2ccccc2)C1. The van der Waals surface area contributed by atoms with Crippen molar-refractivity contribution in [2.45, 2.75) is 38.0 Å². The quantitative estimate of drug-likeness (QED) is 0.333. The molecule has 0 unspecified atom stereocenters. The summed E-state index contributed by atoms with van der Waals surface area (Å²) in [5.41, 5.74) is 4.70. The van der Waals surface area contributed by atoms with E-state index in [9.17, 15) is 4.79 Å². The number of alkyl carbamates (subject to hydrolysis) is 1. The summed E-state index contributed by atoms with van der Waals surface area (Å²) in [5.74, 6) is 0. The van der Waals surface area contributed by atoms with E-state index in [1.54, 1.807) is 6.20 Å². The summed E-state index contributed by atoms with van der Waals surface area (Å²) in [6, 6.07) is 25.8. The molecule has 0 atom stereocenters. The van der Waals surface area contributed by atoms with Crippen molar-refractivity contribution in [3.8, 4) is 0 Å². The Morgan fingerprint density at radius 1 is 1.06 bits per heavy atom. The van der Waals surface area contributed by atoms with Crippen molar-refractivity contribution in [1.82, 2.24) is 10.3 Å². The van der Waals surface area contributed by atoms with Crippen molar-refractivity contribution in [2.24, 2.45) is 0 Å². The maximum absolute atomic E-state index is 12.4. The third-order valence-electron chi connectivity index (χ3n) is 6.50. The van der Waals surface area contributed by atoms with Crippen molar-refractivity contribution in [3.63, 3.8) is 0 Å². The van der Waals surface area contributed by atoms with Gasteiger partial charge in [-0.25, -0.2) is 4.79 Å². The lowest BCUT2D eigenvalue weighted by atomic mass is 9.67. The number of fused-ring (bicyclic) bond motifs is 1. The van der Waals surface area contributed by atoms with Crippen LogP contribution in [0.25, 0.3) is 10.9 Å². The Balaban J connectivity index is 1.33. The van der Waals surface area contributed by atoms with Crippen LogP contribution in [0, 0.1) is 6.92 Å². The fraction of sp³-hybridized carbons (Fsp3) is 0.214. The van der Waals surface area contributed by atoms with Gasteiger partial charge in [-0.1, -0.05) is 66.2 Å². The second-order valence-corrected chi connectivity index (χ2v) is 9.25. The smallest absolute Gasteiger partial charge is 0.407 e. The number of rotatable bonds is 6. The highest BCUT2D eigenvalue weighted by molar-refractivity contribution is 6.31. The van der Waals surface area contributed by atoms with Crippen LogP contribution in [-0.2, 0) is 16.9 Å². The summed E-state index contributed by atoms with van der Waals surface area (Å²) in [7, 11) is 0. The van der Waals surface area contributed by atoms with Crippen LogP contribution >= 0.6 is 11.6 Å². The van der Waals surface area contributed by atoms with Gasteiger partial charge in [0.15, 0.2) is 0 Å². The third kappa shape index (κ3) is 4.57. The molecule has 34 heavy (non-hydrogen) atoms. The minimum atomic E-state index is -0.403. The van der Waals surface area contributed by atoms with Crippen molar-refractivity contribution in [2.75, 3.05) is 5.32 Å². The van der Waals surface area contributed by atoms with Crippen molar-refractivity contribution in [3.05, 3.63) is 107 Å². The van der Waals surface area contributed by atoms with E-state index in [0.717, 1.165) is 51.1 Å². The van der Waals surface area contributed by atoms with Gasteiger partial charge in [0, 0.05) is 28.3 Å². The number of ether oxygens (including phenoxy) is 1. The maximum Gasteiger partial charge on any atom is 0.407 e. The van der Waals surface area contributed by atoms with E-state index in [1.165, 1.54) is 0 Å². The zero-order chi connectivity index (χ0) is 23.5.